The number of fused-ring (bicyclic) bond motifs is 1. The summed E-state index contributed by atoms with van der Waals surface area (Å²) in [7, 11) is 0. The molecule has 1 heterocycles. The van der Waals surface area contributed by atoms with Crippen molar-refractivity contribution in [2.75, 3.05) is 5.32 Å². The van der Waals surface area contributed by atoms with Crippen LogP contribution in [0.25, 0.3) is 12.2 Å². The van der Waals surface area contributed by atoms with Gasteiger partial charge in [-0.3, -0.25) is 4.79 Å². The molecule has 3 rings (SSSR count). The number of carbonyl (C=O) groups is 1. The second-order valence-corrected chi connectivity index (χ2v) is 4.75. The van der Waals surface area contributed by atoms with Gasteiger partial charge in [-0.2, -0.15) is 0 Å². The lowest BCUT2D eigenvalue weighted by atomic mass is 10.1. The number of carbonyl (C=O) groups excluding carboxylic acids is 1. The van der Waals surface area contributed by atoms with Gasteiger partial charge in [-0.15, -0.1) is 0 Å². The molecule has 0 saturated heterocycles. The smallest absolute Gasteiger partial charge is 0.265 e. The second kappa shape index (κ2) is 5.21. The summed E-state index contributed by atoms with van der Waals surface area (Å²) in [6, 6.07) is 15.9. The normalized spacial score (nSPS) is 17.4. The van der Waals surface area contributed by atoms with E-state index in [1.54, 1.807) is 6.92 Å². The third-order valence-electron chi connectivity index (χ3n) is 3.20. The fourth-order valence-electron chi connectivity index (χ4n) is 2.09. The number of hydrogen-bond acceptors (Lipinski definition) is 2. The van der Waals surface area contributed by atoms with Crippen LogP contribution < -0.4 is 10.1 Å². The number of nitrogens with one attached hydrogen (secondary N) is 1. The Morgan fingerprint density at radius 2 is 1.80 bits per heavy atom. The Morgan fingerprint density at radius 3 is 2.60 bits per heavy atom. The Bertz CT molecular complexity index is 662. The molecule has 1 amide bonds. The van der Waals surface area contributed by atoms with E-state index in [1.807, 2.05) is 60.7 Å². The molecule has 0 spiro atoms. The van der Waals surface area contributed by atoms with Gasteiger partial charge < -0.3 is 10.1 Å². The van der Waals surface area contributed by atoms with E-state index in [9.17, 15) is 4.79 Å². The Morgan fingerprint density at radius 1 is 1.05 bits per heavy atom. The summed E-state index contributed by atoms with van der Waals surface area (Å²) in [5.74, 6) is 0.607. The minimum absolute atomic E-state index is 0.110. The highest BCUT2D eigenvalue weighted by Gasteiger charge is 2.23. The van der Waals surface area contributed by atoms with Crippen LogP contribution in [0, 0.1) is 0 Å². The molecule has 1 aliphatic rings. The van der Waals surface area contributed by atoms with E-state index in [4.69, 9.17) is 4.74 Å². The van der Waals surface area contributed by atoms with Gasteiger partial charge in [-0.25, -0.2) is 0 Å². The van der Waals surface area contributed by atoms with Crippen LogP contribution in [-0.2, 0) is 4.79 Å². The molecule has 2 aromatic carbocycles. The number of anilines is 1. The van der Waals surface area contributed by atoms with Crippen molar-refractivity contribution in [3.63, 3.8) is 0 Å². The van der Waals surface area contributed by atoms with Crippen LogP contribution in [0.15, 0.2) is 48.5 Å². The van der Waals surface area contributed by atoms with Gasteiger partial charge in [0.25, 0.3) is 5.91 Å². The maximum atomic E-state index is 11.6. The van der Waals surface area contributed by atoms with Crippen LogP contribution in [0.1, 0.15) is 18.1 Å². The average molecular weight is 265 g/mol. The summed E-state index contributed by atoms with van der Waals surface area (Å²) in [5.41, 5.74) is 2.88. The summed E-state index contributed by atoms with van der Waals surface area (Å²) in [4.78, 5) is 11.6. The standard InChI is InChI=1S/C17H15NO2/c1-12-17(19)18-15-11-14(9-10-16(15)20-12)8-7-13-5-3-2-4-6-13/h2-12H,1H3,(H,18,19). The van der Waals surface area contributed by atoms with E-state index >= 15 is 0 Å². The lowest BCUT2D eigenvalue weighted by Crippen LogP contribution is -2.34. The molecule has 0 saturated carbocycles. The maximum Gasteiger partial charge on any atom is 0.265 e. The molecule has 0 bridgehead atoms. The molecule has 3 nitrogen and oxygen atoms in total. The van der Waals surface area contributed by atoms with Crippen molar-refractivity contribution >= 4 is 23.7 Å². The van der Waals surface area contributed by atoms with Gasteiger partial charge in [0.05, 0.1) is 5.69 Å². The number of hydrogen-bond donors (Lipinski definition) is 1. The van der Waals surface area contributed by atoms with Crippen LogP contribution in [-0.4, -0.2) is 12.0 Å². The van der Waals surface area contributed by atoms with Crippen LogP contribution in [0.4, 0.5) is 5.69 Å². The first-order valence-corrected chi connectivity index (χ1v) is 6.57. The molecule has 0 fully saturated rings. The maximum absolute atomic E-state index is 11.6. The second-order valence-electron chi connectivity index (χ2n) is 4.75. The van der Waals surface area contributed by atoms with Crippen LogP contribution in [0.2, 0.25) is 0 Å². The van der Waals surface area contributed by atoms with E-state index in [-0.39, 0.29) is 5.91 Å². The fraction of sp³-hybridized carbons (Fsp3) is 0.118. The molecule has 0 aromatic heterocycles. The molecular formula is C17H15NO2. The molecule has 1 N–H and O–H groups in total. The first-order valence-electron chi connectivity index (χ1n) is 6.57. The van der Waals surface area contributed by atoms with Gasteiger partial charge in [0.2, 0.25) is 0 Å². The van der Waals surface area contributed by atoms with Gasteiger partial charge in [-0.05, 0) is 30.2 Å². The summed E-state index contributed by atoms with van der Waals surface area (Å²) >= 11 is 0. The average Bonchev–Trinajstić information content (AvgIpc) is 2.47. The molecule has 100 valence electrons. The summed E-state index contributed by atoms with van der Waals surface area (Å²) in [5, 5.41) is 2.85. The van der Waals surface area contributed by atoms with E-state index in [2.05, 4.69) is 5.32 Å². The molecular weight excluding hydrogens is 250 g/mol. The van der Waals surface area contributed by atoms with Crippen molar-refractivity contribution in [2.45, 2.75) is 13.0 Å². The molecule has 2 aromatic rings. The van der Waals surface area contributed by atoms with Crippen molar-refractivity contribution in [3.8, 4) is 5.75 Å². The van der Waals surface area contributed by atoms with Crippen LogP contribution in [0.3, 0.4) is 0 Å². The first kappa shape index (κ1) is 12.5. The summed E-state index contributed by atoms with van der Waals surface area (Å²) in [6.45, 7) is 1.74. The predicted octanol–water partition coefficient (Wildman–Crippen LogP) is 3.58. The Hall–Kier alpha value is -2.55. The van der Waals surface area contributed by atoms with Gasteiger partial charge in [-0.1, -0.05) is 48.6 Å². The van der Waals surface area contributed by atoms with E-state index < -0.39 is 6.10 Å². The molecule has 0 radical (unpaired) electrons. The highest BCUT2D eigenvalue weighted by atomic mass is 16.5. The highest BCUT2D eigenvalue weighted by molar-refractivity contribution is 5.97. The highest BCUT2D eigenvalue weighted by Crippen LogP contribution is 2.30. The lowest BCUT2D eigenvalue weighted by Gasteiger charge is -2.23. The third-order valence-corrected chi connectivity index (χ3v) is 3.20. The van der Waals surface area contributed by atoms with Crippen molar-refractivity contribution in [3.05, 3.63) is 59.7 Å². The quantitative estimate of drug-likeness (QED) is 0.843. The van der Waals surface area contributed by atoms with Crippen molar-refractivity contribution in [1.29, 1.82) is 0 Å². The van der Waals surface area contributed by atoms with E-state index in [0.29, 0.717) is 5.75 Å². The zero-order valence-corrected chi connectivity index (χ0v) is 11.2. The molecule has 1 unspecified atom stereocenters. The van der Waals surface area contributed by atoms with Crippen molar-refractivity contribution in [2.24, 2.45) is 0 Å². The largest absolute Gasteiger partial charge is 0.479 e. The predicted molar refractivity (Wildman–Crippen MR) is 80.5 cm³/mol. The van der Waals surface area contributed by atoms with Gasteiger partial charge in [0, 0.05) is 0 Å². The molecule has 3 heteroatoms. The Balaban J connectivity index is 1.84. The zero-order chi connectivity index (χ0) is 13.9. The summed E-state index contributed by atoms with van der Waals surface area (Å²) in [6.07, 6.45) is 3.61. The third kappa shape index (κ3) is 2.57. The lowest BCUT2D eigenvalue weighted by molar-refractivity contribution is -0.122. The number of amides is 1. The Labute approximate surface area is 117 Å². The van der Waals surface area contributed by atoms with Crippen molar-refractivity contribution in [1.82, 2.24) is 0 Å². The van der Waals surface area contributed by atoms with Crippen molar-refractivity contribution < 1.29 is 9.53 Å². The molecule has 20 heavy (non-hydrogen) atoms. The molecule has 0 aliphatic carbocycles. The minimum atomic E-state index is -0.437. The zero-order valence-electron chi connectivity index (χ0n) is 11.2. The van der Waals surface area contributed by atoms with Gasteiger partial charge >= 0.3 is 0 Å². The van der Waals surface area contributed by atoms with E-state index in [0.717, 1.165) is 16.8 Å². The topological polar surface area (TPSA) is 38.3 Å². The summed E-state index contributed by atoms with van der Waals surface area (Å²) < 4.78 is 5.53. The fourth-order valence-corrected chi connectivity index (χ4v) is 2.09. The van der Waals surface area contributed by atoms with Gasteiger partial charge in [0.1, 0.15) is 5.75 Å². The first-order chi connectivity index (χ1) is 9.72. The van der Waals surface area contributed by atoms with Crippen LogP contribution in [0.5, 0.6) is 5.75 Å². The number of rotatable bonds is 2. The van der Waals surface area contributed by atoms with Gasteiger partial charge in [0.15, 0.2) is 6.10 Å². The van der Waals surface area contributed by atoms with Crippen LogP contribution >= 0.6 is 0 Å². The Kier molecular flexibility index (Phi) is 3.25. The molecule has 1 atom stereocenters. The monoisotopic (exact) mass is 265 g/mol. The number of benzene rings is 2. The SMILES string of the molecule is CC1Oc2ccc(C=Cc3ccccc3)cc2NC1=O. The van der Waals surface area contributed by atoms with E-state index in [1.165, 1.54) is 0 Å². The minimum Gasteiger partial charge on any atom is -0.479 e. The molecule has 1 aliphatic heterocycles. The number of ether oxygens (including phenoxy) is 1.